The number of likely N-dealkylation sites (N-methyl/N-ethyl adjacent to an activating group) is 1. The standard InChI is InChI=1S/C16H24N2O3/c1-11(2)14(18(3)4)10-17-15(19)12-6-8-13(9-7-12)16(20)21-5/h6-9,11,14H,10H2,1-5H3,(H,17,19)/t14-/m0/s1. The highest BCUT2D eigenvalue weighted by Gasteiger charge is 2.17. The number of methoxy groups -OCH3 is 1. The van der Waals surface area contributed by atoms with Gasteiger partial charge in [-0.15, -0.1) is 0 Å². The molecule has 5 nitrogen and oxygen atoms in total. The van der Waals surface area contributed by atoms with Gasteiger partial charge in [0.1, 0.15) is 0 Å². The minimum Gasteiger partial charge on any atom is -0.465 e. The zero-order valence-corrected chi connectivity index (χ0v) is 13.3. The lowest BCUT2D eigenvalue weighted by atomic mass is 10.0. The number of rotatable bonds is 6. The highest BCUT2D eigenvalue weighted by molar-refractivity contribution is 5.96. The van der Waals surface area contributed by atoms with E-state index in [-0.39, 0.29) is 11.9 Å². The maximum absolute atomic E-state index is 12.1. The van der Waals surface area contributed by atoms with Gasteiger partial charge in [-0.2, -0.15) is 0 Å². The van der Waals surface area contributed by atoms with Crippen molar-refractivity contribution in [3.8, 4) is 0 Å². The molecule has 0 heterocycles. The molecule has 0 radical (unpaired) electrons. The Morgan fingerprint density at radius 3 is 2.10 bits per heavy atom. The molecule has 0 aliphatic heterocycles. The minimum atomic E-state index is -0.408. The highest BCUT2D eigenvalue weighted by Crippen LogP contribution is 2.08. The lowest BCUT2D eigenvalue weighted by molar-refractivity contribution is 0.0600. The molecule has 21 heavy (non-hydrogen) atoms. The molecule has 0 saturated heterocycles. The third-order valence-corrected chi connectivity index (χ3v) is 3.47. The second kappa shape index (κ2) is 7.78. The van der Waals surface area contributed by atoms with E-state index in [1.807, 2.05) is 14.1 Å². The van der Waals surface area contributed by atoms with Gasteiger partial charge in [0, 0.05) is 18.2 Å². The van der Waals surface area contributed by atoms with Crippen molar-refractivity contribution in [2.75, 3.05) is 27.7 Å². The summed E-state index contributed by atoms with van der Waals surface area (Å²) in [5.41, 5.74) is 0.964. The van der Waals surface area contributed by atoms with Crippen molar-refractivity contribution in [1.82, 2.24) is 10.2 Å². The summed E-state index contributed by atoms with van der Waals surface area (Å²) in [7, 11) is 5.33. The van der Waals surface area contributed by atoms with Crippen LogP contribution < -0.4 is 5.32 Å². The van der Waals surface area contributed by atoms with Crippen molar-refractivity contribution in [3.05, 3.63) is 35.4 Å². The molecule has 0 bridgehead atoms. The van der Waals surface area contributed by atoms with Crippen LogP contribution in [0.15, 0.2) is 24.3 Å². The molecular weight excluding hydrogens is 268 g/mol. The van der Waals surface area contributed by atoms with E-state index in [1.165, 1.54) is 7.11 Å². The summed E-state index contributed by atoms with van der Waals surface area (Å²) in [6.45, 7) is 4.84. The van der Waals surface area contributed by atoms with Crippen LogP contribution in [0.25, 0.3) is 0 Å². The highest BCUT2D eigenvalue weighted by atomic mass is 16.5. The Balaban J connectivity index is 2.65. The number of carbonyl (C=O) groups is 2. The summed E-state index contributed by atoms with van der Waals surface area (Å²) >= 11 is 0. The van der Waals surface area contributed by atoms with Crippen LogP contribution in [0, 0.1) is 5.92 Å². The average Bonchev–Trinajstić information content (AvgIpc) is 2.45. The summed E-state index contributed by atoms with van der Waals surface area (Å²) < 4.78 is 4.62. The van der Waals surface area contributed by atoms with Crippen molar-refractivity contribution in [2.24, 2.45) is 5.92 Å². The molecule has 1 amide bonds. The fourth-order valence-corrected chi connectivity index (χ4v) is 2.19. The number of hydrogen-bond acceptors (Lipinski definition) is 4. The second-order valence-electron chi connectivity index (χ2n) is 5.55. The normalized spacial score (nSPS) is 12.3. The molecule has 0 aromatic heterocycles. The van der Waals surface area contributed by atoms with Crippen LogP contribution in [-0.2, 0) is 4.74 Å². The van der Waals surface area contributed by atoms with E-state index in [9.17, 15) is 9.59 Å². The van der Waals surface area contributed by atoms with Crippen LogP contribution in [0.4, 0.5) is 0 Å². The predicted molar refractivity (Wildman–Crippen MR) is 82.4 cm³/mol. The SMILES string of the molecule is COC(=O)c1ccc(C(=O)NC[C@@H](C(C)C)N(C)C)cc1. The average molecular weight is 292 g/mol. The van der Waals surface area contributed by atoms with Gasteiger partial charge in [-0.1, -0.05) is 13.8 Å². The van der Waals surface area contributed by atoms with Crippen molar-refractivity contribution in [2.45, 2.75) is 19.9 Å². The van der Waals surface area contributed by atoms with Crippen molar-refractivity contribution in [3.63, 3.8) is 0 Å². The van der Waals surface area contributed by atoms with E-state index >= 15 is 0 Å². The summed E-state index contributed by atoms with van der Waals surface area (Å²) in [4.78, 5) is 25.5. The maximum Gasteiger partial charge on any atom is 0.337 e. The smallest absolute Gasteiger partial charge is 0.337 e. The van der Waals surface area contributed by atoms with Crippen LogP contribution in [0.3, 0.4) is 0 Å². The van der Waals surface area contributed by atoms with Gasteiger partial charge < -0.3 is 15.0 Å². The Labute approximate surface area is 126 Å². The van der Waals surface area contributed by atoms with Crippen LogP contribution in [-0.4, -0.2) is 50.6 Å². The van der Waals surface area contributed by atoms with Crippen molar-refractivity contribution >= 4 is 11.9 Å². The Kier molecular flexibility index (Phi) is 6.37. The molecule has 0 aliphatic rings. The molecule has 0 saturated carbocycles. The number of amides is 1. The summed E-state index contributed by atoms with van der Waals surface area (Å²) in [6, 6.07) is 6.71. The van der Waals surface area contributed by atoms with Gasteiger partial charge in [0.15, 0.2) is 0 Å². The van der Waals surface area contributed by atoms with Gasteiger partial charge in [0.2, 0.25) is 0 Å². The summed E-state index contributed by atoms with van der Waals surface area (Å²) in [5.74, 6) is -0.102. The first-order valence-corrected chi connectivity index (χ1v) is 6.99. The molecule has 1 rings (SSSR count). The molecular formula is C16H24N2O3. The number of nitrogens with one attached hydrogen (secondary N) is 1. The molecule has 0 fully saturated rings. The first-order chi connectivity index (χ1) is 9.86. The van der Waals surface area contributed by atoms with E-state index in [0.717, 1.165) is 0 Å². The van der Waals surface area contributed by atoms with Gasteiger partial charge in [-0.3, -0.25) is 4.79 Å². The van der Waals surface area contributed by atoms with Crippen LogP contribution >= 0.6 is 0 Å². The zero-order chi connectivity index (χ0) is 16.0. The maximum atomic E-state index is 12.1. The number of carbonyl (C=O) groups excluding carboxylic acids is 2. The third-order valence-electron chi connectivity index (χ3n) is 3.47. The fourth-order valence-electron chi connectivity index (χ4n) is 2.19. The van der Waals surface area contributed by atoms with Crippen molar-refractivity contribution in [1.29, 1.82) is 0 Å². The van der Waals surface area contributed by atoms with E-state index < -0.39 is 5.97 Å². The Hall–Kier alpha value is -1.88. The number of nitrogens with zero attached hydrogens (tertiary/aromatic N) is 1. The lowest BCUT2D eigenvalue weighted by Gasteiger charge is -2.28. The van der Waals surface area contributed by atoms with Gasteiger partial charge in [-0.05, 0) is 44.3 Å². The molecule has 1 aromatic carbocycles. The molecule has 5 heteroatoms. The van der Waals surface area contributed by atoms with Gasteiger partial charge in [-0.25, -0.2) is 4.79 Å². The molecule has 0 aliphatic carbocycles. The number of esters is 1. The fraction of sp³-hybridized carbons (Fsp3) is 0.500. The molecule has 1 N–H and O–H groups in total. The Bertz CT molecular complexity index is 473. The van der Waals surface area contributed by atoms with E-state index in [2.05, 4.69) is 28.8 Å². The number of hydrogen-bond donors (Lipinski definition) is 1. The number of ether oxygens (including phenoxy) is 1. The second-order valence-corrected chi connectivity index (χ2v) is 5.55. The molecule has 0 spiro atoms. The van der Waals surface area contributed by atoms with Gasteiger partial charge in [0.05, 0.1) is 12.7 Å². The Morgan fingerprint density at radius 2 is 1.67 bits per heavy atom. The van der Waals surface area contributed by atoms with Crippen LogP contribution in [0.1, 0.15) is 34.6 Å². The van der Waals surface area contributed by atoms with Crippen molar-refractivity contribution < 1.29 is 14.3 Å². The zero-order valence-electron chi connectivity index (χ0n) is 13.3. The quantitative estimate of drug-likeness (QED) is 0.812. The predicted octanol–water partition coefficient (Wildman–Crippen LogP) is 1.79. The monoisotopic (exact) mass is 292 g/mol. The molecule has 0 unspecified atom stereocenters. The lowest BCUT2D eigenvalue weighted by Crippen LogP contribution is -2.43. The van der Waals surface area contributed by atoms with E-state index in [4.69, 9.17) is 0 Å². The summed E-state index contributed by atoms with van der Waals surface area (Å²) in [6.07, 6.45) is 0. The molecule has 116 valence electrons. The first-order valence-electron chi connectivity index (χ1n) is 6.99. The summed E-state index contributed by atoms with van der Waals surface area (Å²) in [5, 5.41) is 2.93. The number of benzene rings is 1. The molecule has 1 atom stereocenters. The van der Waals surface area contributed by atoms with E-state index in [1.54, 1.807) is 24.3 Å². The first kappa shape index (κ1) is 17.2. The topological polar surface area (TPSA) is 58.6 Å². The third kappa shape index (κ3) is 4.86. The van der Waals surface area contributed by atoms with Gasteiger partial charge in [0.25, 0.3) is 5.91 Å². The largest absolute Gasteiger partial charge is 0.465 e. The Morgan fingerprint density at radius 1 is 1.14 bits per heavy atom. The van der Waals surface area contributed by atoms with Crippen LogP contribution in [0.2, 0.25) is 0 Å². The van der Waals surface area contributed by atoms with Crippen LogP contribution in [0.5, 0.6) is 0 Å². The van der Waals surface area contributed by atoms with E-state index in [0.29, 0.717) is 23.6 Å². The minimum absolute atomic E-state index is 0.140. The molecule has 1 aromatic rings. The van der Waals surface area contributed by atoms with Gasteiger partial charge >= 0.3 is 5.97 Å².